The third-order valence-corrected chi connectivity index (χ3v) is 4.54. The second-order valence-corrected chi connectivity index (χ2v) is 6.26. The standard InChI is InChI=1S/C24H16O2/c1-3-7-17(8-4-1)19-11-13-21-23(15-19)25-22-14-12-20(16-24(22)26-21)18-9-5-2-6-10-18/h1-16H. The Morgan fingerprint density at radius 2 is 0.769 bits per heavy atom. The van der Waals surface area contributed by atoms with E-state index in [1.807, 2.05) is 60.7 Å². The molecule has 124 valence electrons. The molecule has 5 rings (SSSR count). The first-order valence-electron chi connectivity index (χ1n) is 8.61. The Bertz CT molecular complexity index is 981. The molecule has 0 saturated carbocycles. The molecule has 26 heavy (non-hydrogen) atoms. The van der Waals surface area contributed by atoms with Crippen molar-refractivity contribution >= 4 is 0 Å². The van der Waals surface area contributed by atoms with Gasteiger partial charge in [0.05, 0.1) is 0 Å². The van der Waals surface area contributed by atoms with Crippen molar-refractivity contribution < 1.29 is 9.47 Å². The molecule has 4 aromatic rings. The van der Waals surface area contributed by atoms with Crippen molar-refractivity contribution in [3.63, 3.8) is 0 Å². The van der Waals surface area contributed by atoms with Crippen LogP contribution in [-0.4, -0.2) is 0 Å². The fourth-order valence-electron chi connectivity index (χ4n) is 3.20. The van der Waals surface area contributed by atoms with Crippen LogP contribution in [-0.2, 0) is 0 Å². The van der Waals surface area contributed by atoms with E-state index in [-0.39, 0.29) is 0 Å². The van der Waals surface area contributed by atoms with Gasteiger partial charge in [0, 0.05) is 0 Å². The lowest BCUT2D eigenvalue weighted by Gasteiger charge is -2.22. The minimum atomic E-state index is 0.738. The monoisotopic (exact) mass is 336 g/mol. The van der Waals surface area contributed by atoms with Crippen molar-refractivity contribution in [2.75, 3.05) is 0 Å². The molecule has 0 saturated heterocycles. The topological polar surface area (TPSA) is 18.5 Å². The van der Waals surface area contributed by atoms with Gasteiger partial charge in [0.2, 0.25) is 0 Å². The summed E-state index contributed by atoms with van der Waals surface area (Å²) in [6.07, 6.45) is 0. The molecule has 2 nitrogen and oxygen atoms in total. The van der Waals surface area contributed by atoms with Gasteiger partial charge in [-0.05, 0) is 46.5 Å². The molecule has 0 spiro atoms. The molecular formula is C24H16O2. The number of hydrogen-bond acceptors (Lipinski definition) is 2. The quantitative estimate of drug-likeness (QED) is 0.348. The van der Waals surface area contributed by atoms with Crippen molar-refractivity contribution in [2.45, 2.75) is 0 Å². The predicted molar refractivity (Wildman–Crippen MR) is 104 cm³/mol. The van der Waals surface area contributed by atoms with Gasteiger partial charge in [-0.25, -0.2) is 0 Å². The predicted octanol–water partition coefficient (Wildman–Crippen LogP) is 6.92. The Kier molecular flexibility index (Phi) is 3.46. The Balaban J connectivity index is 1.50. The van der Waals surface area contributed by atoms with E-state index in [1.165, 1.54) is 0 Å². The lowest BCUT2D eigenvalue weighted by Crippen LogP contribution is -1.99. The molecule has 2 heteroatoms. The molecule has 0 aromatic heterocycles. The molecule has 0 N–H and O–H groups in total. The van der Waals surface area contributed by atoms with Crippen molar-refractivity contribution in [3.05, 3.63) is 97.1 Å². The molecule has 0 unspecified atom stereocenters. The van der Waals surface area contributed by atoms with Crippen molar-refractivity contribution in [2.24, 2.45) is 0 Å². The Hall–Kier alpha value is -3.52. The average molecular weight is 336 g/mol. The first-order chi connectivity index (χ1) is 12.9. The summed E-state index contributed by atoms with van der Waals surface area (Å²) in [6.45, 7) is 0. The third kappa shape index (κ3) is 2.62. The molecular weight excluding hydrogens is 320 g/mol. The van der Waals surface area contributed by atoms with Gasteiger partial charge in [0.1, 0.15) is 0 Å². The van der Waals surface area contributed by atoms with Crippen LogP contribution in [0.1, 0.15) is 0 Å². The van der Waals surface area contributed by atoms with Crippen LogP contribution in [0.3, 0.4) is 0 Å². The van der Waals surface area contributed by atoms with Crippen LogP contribution in [0.15, 0.2) is 97.1 Å². The molecule has 0 atom stereocenters. The Morgan fingerprint density at radius 1 is 0.346 bits per heavy atom. The van der Waals surface area contributed by atoms with E-state index in [2.05, 4.69) is 36.4 Å². The summed E-state index contributed by atoms with van der Waals surface area (Å²) < 4.78 is 12.2. The highest BCUT2D eigenvalue weighted by Crippen LogP contribution is 2.47. The minimum Gasteiger partial charge on any atom is -0.449 e. The number of hydrogen-bond donors (Lipinski definition) is 0. The SMILES string of the molecule is c1ccc(-c2ccc3c(c2)Oc2ccc(-c4ccccc4)cc2O3)cc1. The van der Waals surface area contributed by atoms with Gasteiger partial charge in [0.15, 0.2) is 23.0 Å². The maximum Gasteiger partial charge on any atom is 0.170 e. The number of benzene rings is 4. The molecule has 1 aliphatic heterocycles. The van der Waals surface area contributed by atoms with E-state index in [4.69, 9.17) is 9.47 Å². The summed E-state index contributed by atoms with van der Waals surface area (Å²) in [5, 5.41) is 0. The minimum absolute atomic E-state index is 0.738. The summed E-state index contributed by atoms with van der Waals surface area (Å²) in [5.74, 6) is 2.96. The summed E-state index contributed by atoms with van der Waals surface area (Å²) in [7, 11) is 0. The van der Waals surface area contributed by atoms with Crippen molar-refractivity contribution in [1.29, 1.82) is 0 Å². The summed E-state index contributed by atoms with van der Waals surface area (Å²) in [6, 6.07) is 32.6. The highest BCUT2D eigenvalue weighted by molar-refractivity contribution is 5.71. The van der Waals surface area contributed by atoms with Gasteiger partial charge < -0.3 is 9.47 Å². The largest absolute Gasteiger partial charge is 0.449 e. The zero-order valence-electron chi connectivity index (χ0n) is 14.1. The summed E-state index contributed by atoms with van der Waals surface area (Å²) >= 11 is 0. The van der Waals surface area contributed by atoms with Crippen LogP contribution in [0.5, 0.6) is 23.0 Å². The summed E-state index contributed by atoms with van der Waals surface area (Å²) in [4.78, 5) is 0. The molecule has 0 fully saturated rings. The van der Waals surface area contributed by atoms with Gasteiger partial charge in [0.25, 0.3) is 0 Å². The van der Waals surface area contributed by atoms with Crippen LogP contribution in [0.4, 0.5) is 0 Å². The first-order valence-corrected chi connectivity index (χ1v) is 8.61. The Labute approximate surface area is 152 Å². The third-order valence-electron chi connectivity index (χ3n) is 4.54. The molecule has 0 radical (unpaired) electrons. The van der Waals surface area contributed by atoms with E-state index < -0.39 is 0 Å². The highest BCUT2D eigenvalue weighted by atomic mass is 16.6. The maximum atomic E-state index is 6.11. The Morgan fingerprint density at radius 3 is 1.19 bits per heavy atom. The summed E-state index contributed by atoms with van der Waals surface area (Å²) in [5.41, 5.74) is 4.53. The van der Waals surface area contributed by atoms with E-state index in [0.717, 1.165) is 45.3 Å². The molecule has 1 aliphatic rings. The van der Waals surface area contributed by atoms with Crippen molar-refractivity contribution in [1.82, 2.24) is 0 Å². The van der Waals surface area contributed by atoms with E-state index in [0.29, 0.717) is 0 Å². The second kappa shape index (κ2) is 6.08. The fraction of sp³-hybridized carbons (Fsp3) is 0. The lowest BCUT2D eigenvalue weighted by molar-refractivity contribution is 0.360. The zero-order valence-corrected chi connectivity index (χ0v) is 14.1. The second-order valence-electron chi connectivity index (χ2n) is 6.26. The van der Waals surface area contributed by atoms with Gasteiger partial charge in [-0.3, -0.25) is 0 Å². The van der Waals surface area contributed by atoms with E-state index in [9.17, 15) is 0 Å². The first kappa shape index (κ1) is 14.8. The molecule has 4 aromatic carbocycles. The van der Waals surface area contributed by atoms with Crippen LogP contribution in [0, 0.1) is 0 Å². The van der Waals surface area contributed by atoms with Gasteiger partial charge in [-0.2, -0.15) is 0 Å². The molecule has 1 heterocycles. The van der Waals surface area contributed by atoms with Crippen LogP contribution in [0.25, 0.3) is 22.3 Å². The van der Waals surface area contributed by atoms with E-state index in [1.54, 1.807) is 0 Å². The lowest BCUT2D eigenvalue weighted by atomic mass is 10.0. The van der Waals surface area contributed by atoms with Crippen LogP contribution < -0.4 is 9.47 Å². The van der Waals surface area contributed by atoms with Gasteiger partial charge in [-0.15, -0.1) is 0 Å². The van der Waals surface area contributed by atoms with Crippen LogP contribution >= 0.6 is 0 Å². The number of ether oxygens (including phenoxy) is 2. The normalized spacial score (nSPS) is 11.7. The van der Waals surface area contributed by atoms with E-state index >= 15 is 0 Å². The van der Waals surface area contributed by atoms with Gasteiger partial charge >= 0.3 is 0 Å². The number of fused-ring (bicyclic) bond motifs is 2. The maximum absolute atomic E-state index is 6.11. The molecule has 0 aliphatic carbocycles. The molecule has 0 amide bonds. The zero-order chi connectivity index (χ0) is 17.3. The highest BCUT2D eigenvalue weighted by Gasteiger charge is 2.20. The van der Waals surface area contributed by atoms with Crippen molar-refractivity contribution in [3.8, 4) is 45.3 Å². The fourth-order valence-corrected chi connectivity index (χ4v) is 3.20. The smallest absolute Gasteiger partial charge is 0.170 e. The average Bonchev–Trinajstić information content (AvgIpc) is 2.73. The van der Waals surface area contributed by atoms with Gasteiger partial charge in [-0.1, -0.05) is 72.8 Å². The molecule has 0 bridgehead atoms. The van der Waals surface area contributed by atoms with Crippen LogP contribution in [0.2, 0.25) is 0 Å². The number of rotatable bonds is 2.